The predicted octanol–water partition coefficient (Wildman–Crippen LogP) is 1.45. The van der Waals surface area contributed by atoms with Crippen LogP contribution in [0.2, 0.25) is 4.47 Å². The second-order valence-electron chi connectivity index (χ2n) is 3.76. The summed E-state index contributed by atoms with van der Waals surface area (Å²) in [5, 5.41) is 13.4. The van der Waals surface area contributed by atoms with E-state index in [1.54, 1.807) is 6.20 Å². The lowest BCUT2D eigenvalue weighted by Gasteiger charge is -2.32. The van der Waals surface area contributed by atoms with Crippen molar-refractivity contribution in [3.8, 4) is 0 Å². The van der Waals surface area contributed by atoms with Gasteiger partial charge in [-0.1, -0.05) is 11.6 Å². The molecular weight excluding hydrogens is 220 g/mol. The highest BCUT2D eigenvalue weighted by atomic mass is 35.5. The minimum absolute atomic E-state index is 0.548. The van der Waals surface area contributed by atoms with Crippen molar-refractivity contribution in [1.82, 2.24) is 10.3 Å². The molecule has 0 radical (unpaired) electrons. The molecule has 1 unspecified atom stereocenters. The molecule has 0 spiro atoms. The first-order valence-electron chi connectivity index (χ1n) is 4.71. The van der Waals surface area contributed by atoms with Crippen LogP contribution in [0.4, 0.5) is 0 Å². The highest BCUT2D eigenvalue weighted by molar-refractivity contribution is 7.15. The number of nitrogens with one attached hydrogen (secondary N) is 1. The van der Waals surface area contributed by atoms with Crippen LogP contribution in [0, 0.1) is 0 Å². The molecule has 5 heteroatoms. The normalized spacial score (nSPS) is 27.9. The summed E-state index contributed by atoms with van der Waals surface area (Å²) >= 11 is 7.18. The van der Waals surface area contributed by atoms with Crippen LogP contribution in [0.25, 0.3) is 0 Å². The van der Waals surface area contributed by atoms with E-state index in [1.165, 1.54) is 11.3 Å². The lowest BCUT2D eigenvalue weighted by atomic mass is 9.90. The van der Waals surface area contributed by atoms with Gasteiger partial charge in [0.15, 0.2) is 4.47 Å². The lowest BCUT2D eigenvalue weighted by molar-refractivity contribution is 0.0176. The summed E-state index contributed by atoms with van der Waals surface area (Å²) in [7, 11) is 0. The van der Waals surface area contributed by atoms with E-state index in [-0.39, 0.29) is 0 Å². The van der Waals surface area contributed by atoms with Crippen molar-refractivity contribution in [1.29, 1.82) is 0 Å². The molecule has 1 atom stereocenters. The first kappa shape index (κ1) is 10.4. The van der Waals surface area contributed by atoms with Crippen LogP contribution in [0.3, 0.4) is 0 Å². The Morgan fingerprint density at radius 2 is 2.57 bits per heavy atom. The Morgan fingerprint density at radius 3 is 3.14 bits per heavy atom. The molecule has 78 valence electrons. The fraction of sp³-hybridized carbons (Fsp3) is 0.667. The summed E-state index contributed by atoms with van der Waals surface area (Å²) in [5.41, 5.74) is -0.603. The van der Waals surface area contributed by atoms with Crippen LogP contribution in [0.1, 0.15) is 17.7 Å². The van der Waals surface area contributed by atoms with Crippen molar-refractivity contribution < 1.29 is 5.11 Å². The number of aliphatic hydroxyl groups is 1. The third-order valence-corrected chi connectivity index (χ3v) is 3.59. The molecule has 2 N–H and O–H groups in total. The smallest absolute Gasteiger partial charge is 0.183 e. The van der Waals surface area contributed by atoms with Gasteiger partial charge < -0.3 is 10.4 Å². The topological polar surface area (TPSA) is 45.2 Å². The van der Waals surface area contributed by atoms with E-state index in [4.69, 9.17) is 11.6 Å². The second kappa shape index (κ2) is 4.14. The number of halogens is 1. The van der Waals surface area contributed by atoms with E-state index >= 15 is 0 Å². The zero-order chi connectivity index (χ0) is 10.0. The molecule has 0 aliphatic carbocycles. The van der Waals surface area contributed by atoms with Crippen LogP contribution in [0.5, 0.6) is 0 Å². The van der Waals surface area contributed by atoms with Gasteiger partial charge in [-0.25, -0.2) is 4.98 Å². The Bertz CT molecular complexity index is 310. The van der Waals surface area contributed by atoms with Gasteiger partial charge in [0.05, 0.1) is 5.60 Å². The van der Waals surface area contributed by atoms with Crippen LogP contribution in [-0.4, -0.2) is 28.8 Å². The van der Waals surface area contributed by atoms with Gasteiger partial charge >= 0.3 is 0 Å². The third-order valence-electron chi connectivity index (χ3n) is 2.48. The molecule has 14 heavy (non-hydrogen) atoms. The molecule has 1 aliphatic rings. The van der Waals surface area contributed by atoms with E-state index < -0.39 is 5.60 Å². The fourth-order valence-corrected chi connectivity index (χ4v) is 2.91. The molecule has 0 saturated carbocycles. The number of rotatable bonds is 2. The minimum Gasteiger partial charge on any atom is -0.388 e. The summed E-state index contributed by atoms with van der Waals surface area (Å²) < 4.78 is 0.548. The van der Waals surface area contributed by atoms with Crippen molar-refractivity contribution >= 4 is 22.9 Å². The van der Waals surface area contributed by atoms with Crippen molar-refractivity contribution in [3.05, 3.63) is 15.5 Å². The standard InChI is InChI=1S/C9H13ClN2OS/c10-8-12-5-7(14-8)4-9(13)2-1-3-11-6-9/h5,11,13H,1-4,6H2. The summed E-state index contributed by atoms with van der Waals surface area (Å²) in [5.74, 6) is 0. The van der Waals surface area contributed by atoms with E-state index in [0.717, 1.165) is 24.3 Å². The van der Waals surface area contributed by atoms with E-state index in [9.17, 15) is 5.11 Å². The van der Waals surface area contributed by atoms with Gasteiger partial charge in [-0.05, 0) is 19.4 Å². The van der Waals surface area contributed by atoms with Crippen molar-refractivity contribution in [3.63, 3.8) is 0 Å². The highest BCUT2D eigenvalue weighted by Gasteiger charge is 2.29. The molecule has 0 amide bonds. The second-order valence-corrected chi connectivity index (χ2v) is 5.46. The zero-order valence-electron chi connectivity index (χ0n) is 7.79. The summed E-state index contributed by atoms with van der Waals surface area (Å²) in [6.07, 6.45) is 4.29. The predicted molar refractivity (Wildman–Crippen MR) is 57.9 cm³/mol. The van der Waals surface area contributed by atoms with Gasteiger partial charge in [0.2, 0.25) is 0 Å². The molecule has 1 saturated heterocycles. The maximum absolute atomic E-state index is 10.2. The van der Waals surface area contributed by atoms with Crippen LogP contribution >= 0.6 is 22.9 Å². The van der Waals surface area contributed by atoms with E-state index in [0.29, 0.717) is 17.4 Å². The summed E-state index contributed by atoms with van der Waals surface area (Å²) in [6.45, 7) is 1.67. The monoisotopic (exact) mass is 232 g/mol. The average Bonchev–Trinajstić information content (AvgIpc) is 2.51. The van der Waals surface area contributed by atoms with Crippen molar-refractivity contribution in [2.75, 3.05) is 13.1 Å². The van der Waals surface area contributed by atoms with Crippen molar-refractivity contribution in [2.24, 2.45) is 0 Å². The summed E-state index contributed by atoms with van der Waals surface area (Å²) in [4.78, 5) is 5.02. The Kier molecular flexibility index (Phi) is 3.07. The van der Waals surface area contributed by atoms with E-state index in [2.05, 4.69) is 10.3 Å². The molecule has 1 aliphatic heterocycles. The SMILES string of the molecule is OC1(Cc2cnc(Cl)s2)CCCNC1. The Balaban J connectivity index is 2.01. The minimum atomic E-state index is -0.603. The van der Waals surface area contributed by atoms with Crippen LogP contribution in [-0.2, 0) is 6.42 Å². The molecule has 0 aromatic carbocycles. The van der Waals surface area contributed by atoms with Crippen LogP contribution in [0.15, 0.2) is 6.20 Å². The number of hydrogen-bond acceptors (Lipinski definition) is 4. The average molecular weight is 233 g/mol. The number of aromatic nitrogens is 1. The highest BCUT2D eigenvalue weighted by Crippen LogP contribution is 2.26. The molecule has 2 heterocycles. The van der Waals surface area contributed by atoms with Gasteiger partial charge in [-0.3, -0.25) is 0 Å². The molecule has 1 fully saturated rings. The zero-order valence-corrected chi connectivity index (χ0v) is 9.37. The first-order valence-corrected chi connectivity index (χ1v) is 5.91. The first-order chi connectivity index (χ1) is 6.68. The Hall–Kier alpha value is -0.160. The third kappa shape index (κ3) is 2.45. The molecule has 1 aromatic heterocycles. The number of β-amino-alcohol motifs (C(OH)–C–C–N with tert-alkyl or cyclic N) is 1. The van der Waals surface area contributed by atoms with Gasteiger partial charge in [0.25, 0.3) is 0 Å². The molecule has 2 rings (SSSR count). The van der Waals surface area contributed by atoms with Crippen LogP contribution < -0.4 is 5.32 Å². The van der Waals surface area contributed by atoms with E-state index in [1.807, 2.05) is 0 Å². The van der Waals surface area contributed by atoms with Gasteiger partial charge in [-0.15, -0.1) is 11.3 Å². The van der Waals surface area contributed by atoms with Gasteiger partial charge in [-0.2, -0.15) is 0 Å². The van der Waals surface area contributed by atoms with Gasteiger partial charge in [0, 0.05) is 24.0 Å². The maximum atomic E-state index is 10.2. The number of nitrogens with zero attached hydrogens (tertiary/aromatic N) is 1. The van der Waals surface area contributed by atoms with Crippen molar-refractivity contribution in [2.45, 2.75) is 24.9 Å². The number of thiazole rings is 1. The summed E-state index contributed by atoms with van der Waals surface area (Å²) in [6, 6.07) is 0. The molecule has 3 nitrogen and oxygen atoms in total. The lowest BCUT2D eigenvalue weighted by Crippen LogP contribution is -2.46. The maximum Gasteiger partial charge on any atom is 0.183 e. The molecule has 0 bridgehead atoms. The van der Waals surface area contributed by atoms with Gasteiger partial charge in [0.1, 0.15) is 0 Å². The fourth-order valence-electron chi connectivity index (χ4n) is 1.79. The quantitative estimate of drug-likeness (QED) is 0.812. The molecule has 1 aromatic rings. The Morgan fingerprint density at radius 1 is 1.71 bits per heavy atom. The number of hydrogen-bond donors (Lipinski definition) is 2. The largest absolute Gasteiger partial charge is 0.388 e. The molecular formula is C9H13ClN2OS. The Labute approximate surface area is 92.1 Å². The number of piperidine rings is 1.